The number of sulfonamides is 1. The van der Waals surface area contributed by atoms with E-state index in [1.165, 1.54) is 9.62 Å². The summed E-state index contributed by atoms with van der Waals surface area (Å²) in [5.41, 5.74) is 2.52. The molecule has 0 aliphatic heterocycles. The van der Waals surface area contributed by atoms with E-state index in [1.54, 1.807) is 12.1 Å². The largest absolute Gasteiger partial charge is 0.511 e. The van der Waals surface area contributed by atoms with E-state index in [0.717, 1.165) is 29.7 Å². The van der Waals surface area contributed by atoms with Crippen LogP contribution in [0.25, 0.3) is 0 Å². The Hall–Kier alpha value is -2.61. The number of aliphatic hydroxyl groups is 1. The molecule has 2 atom stereocenters. The summed E-state index contributed by atoms with van der Waals surface area (Å²) in [6.07, 6.45) is -1.16. The topological polar surface area (TPSA) is 113 Å². The zero-order valence-corrected chi connectivity index (χ0v) is 21.0. The Balaban J connectivity index is 2.09. The summed E-state index contributed by atoms with van der Waals surface area (Å²) < 4.78 is 88.0. The predicted molar refractivity (Wildman–Crippen MR) is 127 cm³/mol. The van der Waals surface area contributed by atoms with E-state index < -0.39 is 51.8 Å². The first-order valence-corrected chi connectivity index (χ1v) is 13.0. The van der Waals surface area contributed by atoms with Crippen LogP contribution < -0.4 is 10.5 Å². The zero-order valence-electron chi connectivity index (χ0n) is 20.1. The van der Waals surface area contributed by atoms with Crippen LogP contribution in [-0.4, -0.2) is 55.1 Å². The molecule has 2 aromatic rings. The number of carbonyl (C=O) groups excluding carboxylic acids is 1. The molecule has 206 valence electrons. The summed E-state index contributed by atoms with van der Waals surface area (Å²) in [6.45, 7) is 1.13. The van der Waals surface area contributed by atoms with Gasteiger partial charge in [0.05, 0.1) is 6.10 Å². The molecule has 0 aliphatic rings. The number of rotatable bonds is 13. The number of nitrogens with zero attached hydrogens (tertiary/aromatic N) is 1. The number of amides is 1. The number of nitrogens with two attached hydrogens (primary N) is 1. The van der Waals surface area contributed by atoms with E-state index in [4.69, 9.17) is 5.73 Å². The normalized spacial score (nSPS) is 13.8. The van der Waals surface area contributed by atoms with Gasteiger partial charge in [-0.1, -0.05) is 31.2 Å². The van der Waals surface area contributed by atoms with Gasteiger partial charge in [-0.2, -0.15) is 13.2 Å². The second-order valence-corrected chi connectivity index (χ2v) is 10.4. The third kappa shape index (κ3) is 9.65. The molecular formula is C24H30F5N3O4S. The third-order valence-electron chi connectivity index (χ3n) is 5.59. The van der Waals surface area contributed by atoms with Crippen molar-refractivity contribution in [3.8, 4) is 0 Å². The molecule has 37 heavy (non-hydrogen) atoms. The van der Waals surface area contributed by atoms with Crippen LogP contribution in [0.1, 0.15) is 36.5 Å². The minimum Gasteiger partial charge on any atom is -0.390 e. The first kappa shape index (κ1) is 30.6. The second-order valence-electron chi connectivity index (χ2n) is 8.61. The number of nitrogens with one attached hydrogen (secondary N) is 1. The Morgan fingerprint density at radius 2 is 1.70 bits per heavy atom. The number of carbonyl (C=O) groups is 1. The van der Waals surface area contributed by atoms with Crippen molar-refractivity contribution in [3.05, 3.63) is 70.8 Å². The first-order valence-electron chi connectivity index (χ1n) is 11.5. The van der Waals surface area contributed by atoms with Crippen LogP contribution >= 0.6 is 0 Å². The van der Waals surface area contributed by atoms with Gasteiger partial charge in [0, 0.05) is 38.2 Å². The number of hydrogen-bond acceptors (Lipinski definition) is 5. The Labute approximate surface area is 212 Å². The van der Waals surface area contributed by atoms with E-state index in [0.29, 0.717) is 6.07 Å². The fourth-order valence-electron chi connectivity index (χ4n) is 3.61. The van der Waals surface area contributed by atoms with Gasteiger partial charge < -0.3 is 15.7 Å². The standard InChI is InChI=1S/C24H30F5N3O4S/c1-2-16-5-3-6-17(9-16)14-32(23(34)7-4-8-31-37(35,36)24(27,28)29)15-22(33)21(30)12-18-10-19(25)13-20(26)11-18/h3,5-6,9-11,13,21-22,31,33H,2,4,7-8,12,14-15,30H2,1H3/t21-,22+/m0/s1. The van der Waals surface area contributed by atoms with Gasteiger partial charge in [0.1, 0.15) is 11.6 Å². The number of alkyl halides is 3. The smallest absolute Gasteiger partial charge is 0.390 e. The summed E-state index contributed by atoms with van der Waals surface area (Å²) in [6, 6.07) is 9.18. The molecule has 0 saturated heterocycles. The molecule has 0 radical (unpaired) electrons. The van der Waals surface area contributed by atoms with Gasteiger partial charge in [-0.25, -0.2) is 21.9 Å². The molecule has 2 aromatic carbocycles. The van der Waals surface area contributed by atoms with Crippen LogP contribution in [-0.2, 0) is 34.2 Å². The Morgan fingerprint density at radius 1 is 1.08 bits per heavy atom. The molecule has 0 fully saturated rings. The lowest BCUT2D eigenvalue weighted by Gasteiger charge is -2.28. The number of halogens is 5. The van der Waals surface area contributed by atoms with Crippen molar-refractivity contribution in [1.82, 2.24) is 9.62 Å². The maximum atomic E-state index is 13.5. The fourth-order valence-corrected chi connectivity index (χ4v) is 4.18. The third-order valence-corrected chi connectivity index (χ3v) is 6.78. The molecule has 7 nitrogen and oxygen atoms in total. The van der Waals surface area contributed by atoms with Crippen molar-refractivity contribution in [2.24, 2.45) is 5.73 Å². The fraction of sp³-hybridized carbons (Fsp3) is 0.458. The van der Waals surface area contributed by atoms with Crippen LogP contribution in [0.3, 0.4) is 0 Å². The quantitative estimate of drug-likeness (QED) is 0.262. The SMILES string of the molecule is CCc1cccc(CN(C[C@@H](O)[C@@H](N)Cc2cc(F)cc(F)c2)C(=O)CCCNS(=O)(=O)C(F)(F)F)c1. The summed E-state index contributed by atoms with van der Waals surface area (Å²) in [5.74, 6) is -2.15. The molecule has 0 bridgehead atoms. The van der Waals surface area contributed by atoms with Gasteiger partial charge in [0.15, 0.2) is 0 Å². The highest BCUT2D eigenvalue weighted by Crippen LogP contribution is 2.21. The van der Waals surface area contributed by atoms with E-state index in [9.17, 15) is 40.3 Å². The lowest BCUT2D eigenvalue weighted by Crippen LogP contribution is -2.46. The van der Waals surface area contributed by atoms with E-state index in [2.05, 4.69) is 0 Å². The second kappa shape index (κ2) is 13.3. The molecule has 0 aliphatic carbocycles. The van der Waals surface area contributed by atoms with E-state index >= 15 is 0 Å². The van der Waals surface area contributed by atoms with Crippen LogP contribution in [0.15, 0.2) is 42.5 Å². The minimum atomic E-state index is -5.52. The molecular weight excluding hydrogens is 521 g/mol. The van der Waals surface area contributed by atoms with Gasteiger partial charge in [-0.3, -0.25) is 4.79 Å². The van der Waals surface area contributed by atoms with Gasteiger partial charge in [-0.15, -0.1) is 0 Å². The number of hydrogen-bond donors (Lipinski definition) is 3. The molecule has 0 saturated carbocycles. The Bertz CT molecular complexity index is 1140. The monoisotopic (exact) mass is 551 g/mol. The maximum absolute atomic E-state index is 13.5. The number of benzene rings is 2. The Morgan fingerprint density at radius 3 is 2.30 bits per heavy atom. The summed E-state index contributed by atoms with van der Waals surface area (Å²) in [7, 11) is -5.52. The summed E-state index contributed by atoms with van der Waals surface area (Å²) in [5, 5.41) is 10.7. The van der Waals surface area contributed by atoms with Crippen molar-refractivity contribution in [3.63, 3.8) is 0 Å². The highest BCUT2D eigenvalue weighted by atomic mass is 32.2. The molecule has 0 spiro atoms. The average molecular weight is 552 g/mol. The molecule has 2 rings (SSSR count). The van der Waals surface area contributed by atoms with Gasteiger partial charge in [0.2, 0.25) is 5.91 Å². The minimum absolute atomic E-state index is 0.0549. The van der Waals surface area contributed by atoms with Crippen molar-refractivity contribution >= 4 is 15.9 Å². The van der Waals surface area contributed by atoms with Crippen molar-refractivity contribution in [2.45, 2.75) is 56.8 Å². The van der Waals surface area contributed by atoms with Crippen LogP contribution in [0, 0.1) is 11.6 Å². The van der Waals surface area contributed by atoms with Gasteiger partial charge >= 0.3 is 15.5 Å². The van der Waals surface area contributed by atoms with Crippen molar-refractivity contribution in [1.29, 1.82) is 0 Å². The molecule has 13 heteroatoms. The highest BCUT2D eigenvalue weighted by molar-refractivity contribution is 7.90. The molecule has 0 heterocycles. The molecule has 4 N–H and O–H groups in total. The lowest BCUT2D eigenvalue weighted by molar-refractivity contribution is -0.133. The highest BCUT2D eigenvalue weighted by Gasteiger charge is 2.45. The maximum Gasteiger partial charge on any atom is 0.511 e. The van der Waals surface area contributed by atoms with Crippen molar-refractivity contribution < 1.29 is 40.3 Å². The molecule has 0 aromatic heterocycles. The van der Waals surface area contributed by atoms with Crippen LogP contribution in [0.5, 0.6) is 0 Å². The van der Waals surface area contributed by atoms with Gasteiger partial charge in [-0.05, 0) is 48.1 Å². The summed E-state index contributed by atoms with van der Waals surface area (Å²) in [4.78, 5) is 14.2. The van der Waals surface area contributed by atoms with Crippen LogP contribution in [0.2, 0.25) is 0 Å². The number of aliphatic hydroxyl groups excluding tert-OH is 1. The molecule has 0 unspecified atom stereocenters. The lowest BCUT2D eigenvalue weighted by atomic mass is 10.0. The zero-order chi connectivity index (χ0) is 27.8. The predicted octanol–water partition coefficient (Wildman–Crippen LogP) is 3.01. The first-order chi connectivity index (χ1) is 17.2. The average Bonchev–Trinajstić information content (AvgIpc) is 2.79. The van der Waals surface area contributed by atoms with E-state index in [1.807, 2.05) is 19.1 Å². The number of aryl methyl sites for hydroxylation is 1. The van der Waals surface area contributed by atoms with Crippen LogP contribution in [0.4, 0.5) is 22.0 Å². The summed E-state index contributed by atoms with van der Waals surface area (Å²) >= 11 is 0. The van der Waals surface area contributed by atoms with Crippen molar-refractivity contribution in [2.75, 3.05) is 13.1 Å². The van der Waals surface area contributed by atoms with Gasteiger partial charge in [0.25, 0.3) is 0 Å². The van der Waals surface area contributed by atoms with E-state index in [-0.39, 0.29) is 37.9 Å². The Kier molecular flexibility index (Phi) is 11.0. The molecule has 1 amide bonds.